The van der Waals surface area contributed by atoms with Crippen molar-refractivity contribution in [1.29, 1.82) is 0 Å². The number of benzene rings is 1. The van der Waals surface area contributed by atoms with Gasteiger partial charge in [0.25, 0.3) is 5.91 Å². The monoisotopic (exact) mass is 248 g/mol. The average Bonchev–Trinajstić information content (AvgIpc) is 2.37. The minimum absolute atomic E-state index is 0.0750. The number of morpholine rings is 1. The van der Waals surface area contributed by atoms with Gasteiger partial charge in [-0.3, -0.25) is 4.79 Å². The Kier molecular flexibility index (Phi) is 3.57. The molecule has 1 fully saturated rings. The molecule has 0 aliphatic carbocycles. The van der Waals surface area contributed by atoms with Crippen LogP contribution in [0.15, 0.2) is 24.3 Å². The van der Waals surface area contributed by atoms with Crippen LogP contribution in [-0.2, 0) is 4.74 Å². The van der Waals surface area contributed by atoms with Crippen molar-refractivity contribution in [1.82, 2.24) is 4.90 Å². The lowest BCUT2D eigenvalue weighted by atomic mass is 10.0. The highest BCUT2D eigenvalue weighted by atomic mass is 16.5. The van der Waals surface area contributed by atoms with Crippen molar-refractivity contribution in [2.45, 2.75) is 19.4 Å². The molecule has 1 amide bonds. The number of anilines is 1. The molecular formula is C14H20N2O2. The predicted octanol–water partition coefficient (Wildman–Crippen LogP) is 1.98. The zero-order valence-corrected chi connectivity index (χ0v) is 11.2. The second kappa shape index (κ2) is 4.98. The minimum atomic E-state index is -0.239. The Morgan fingerprint density at radius 3 is 2.56 bits per heavy atom. The molecule has 0 aromatic heterocycles. The van der Waals surface area contributed by atoms with E-state index in [1.54, 1.807) is 0 Å². The molecule has 1 aromatic rings. The fraction of sp³-hybridized carbons (Fsp3) is 0.500. The predicted molar refractivity (Wildman–Crippen MR) is 71.9 cm³/mol. The normalized spacial score (nSPS) is 18.5. The SMILES string of the molecule is CNc1ccc(C(=O)N2CCOCC2(C)C)cc1. The van der Waals surface area contributed by atoms with Crippen LogP contribution in [0.2, 0.25) is 0 Å². The topological polar surface area (TPSA) is 41.6 Å². The first-order chi connectivity index (χ1) is 8.54. The Bertz CT molecular complexity index is 426. The van der Waals surface area contributed by atoms with Crippen molar-refractivity contribution in [2.24, 2.45) is 0 Å². The van der Waals surface area contributed by atoms with Crippen LogP contribution < -0.4 is 5.32 Å². The van der Waals surface area contributed by atoms with Gasteiger partial charge in [0.2, 0.25) is 0 Å². The first-order valence-corrected chi connectivity index (χ1v) is 6.22. The van der Waals surface area contributed by atoms with Gasteiger partial charge in [0, 0.05) is 24.8 Å². The molecule has 1 saturated heterocycles. The summed E-state index contributed by atoms with van der Waals surface area (Å²) in [5, 5.41) is 3.04. The number of carbonyl (C=O) groups is 1. The molecule has 1 aromatic carbocycles. The molecule has 1 aliphatic rings. The Morgan fingerprint density at radius 2 is 2.00 bits per heavy atom. The van der Waals surface area contributed by atoms with Gasteiger partial charge in [0.15, 0.2) is 0 Å². The Balaban J connectivity index is 2.19. The smallest absolute Gasteiger partial charge is 0.254 e. The van der Waals surface area contributed by atoms with E-state index in [0.29, 0.717) is 19.8 Å². The zero-order chi connectivity index (χ0) is 13.2. The molecule has 4 nitrogen and oxygen atoms in total. The highest BCUT2D eigenvalue weighted by molar-refractivity contribution is 5.95. The summed E-state index contributed by atoms with van der Waals surface area (Å²) in [6, 6.07) is 7.56. The van der Waals surface area contributed by atoms with E-state index in [0.717, 1.165) is 11.3 Å². The maximum Gasteiger partial charge on any atom is 0.254 e. The third-order valence-corrected chi connectivity index (χ3v) is 3.31. The van der Waals surface area contributed by atoms with Crippen LogP contribution >= 0.6 is 0 Å². The van der Waals surface area contributed by atoms with Crippen molar-refractivity contribution in [3.63, 3.8) is 0 Å². The van der Waals surface area contributed by atoms with Gasteiger partial charge in [-0.15, -0.1) is 0 Å². The van der Waals surface area contributed by atoms with E-state index in [4.69, 9.17) is 4.74 Å². The maximum absolute atomic E-state index is 12.5. The van der Waals surface area contributed by atoms with Gasteiger partial charge in [-0.25, -0.2) is 0 Å². The van der Waals surface area contributed by atoms with E-state index < -0.39 is 0 Å². The number of nitrogens with one attached hydrogen (secondary N) is 1. The summed E-state index contributed by atoms with van der Waals surface area (Å²) >= 11 is 0. The van der Waals surface area contributed by atoms with Crippen LogP contribution in [0.5, 0.6) is 0 Å². The van der Waals surface area contributed by atoms with Gasteiger partial charge in [-0.2, -0.15) is 0 Å². The van der Waals surface area contributed by atoms with Crippen molar-refractivity contribution in [3.05, 3.63) is 29.8 Å². The first-order valence-electron chi connectivity index (χ1n) is 6.22. The van der Waals surface area contributed by atoms with Crippen molar-refractivity contribution in [2.75, 3.05) is 32.1 Å². The van der Waals surface area contributed by atoms with E-state index in [2.05, 4.69) is 5.32 Å². The first kappa shape index (κ1) is 12.9. The molecule has 98 valence electrons. The molecule has 0 radical (unpaired) electrons. The quantitative estimate of drug-likeness (QED) is 0.870. The molecule has 0 unspecified atom stereocenters. The summed E-state index contributed by atoms with van der Waals surface area (Å²) in [4.78, 5) is 14.4. The molecule has 18 heavy (non-hydrogen) atoms. The minimum Gasteiger partial charge on any atom is -0.388 e. The van der Waals surface area contributed by atoms with Crippen LogP contribution in [0.4, 0.5) is 5.69 Å². The number of amides is 1. The van der Waals surface area contributed by atoms with Crippen molar-refractivity contribution < 1.29 is 9.53 Å². The third kappa shape index (κ3) is 2.48. The van der Waals surface area contributed by atoms with E-state index >= 15 is 0 Å². The van der Waals surface area contributed by atoms with Crippen LogP contribution in [0.1, 0.15) is 24.2 Å². The zero-order valence-electron chi connectivity index (χ0n) is 11.2. The summed E-state index contributed by atoms with van der Waals surface area (Å²) in [6.07, 6.45) is 0. The standard InChI is InChI=1S/C14H20N2O2/c1-14(2)10-18-9-8-16(14)13(17)11-4-6-12(15-3)7-5-11/h4-7,15H,8-10H2,1-3H3. The highest BCUT2D eigenvalue weighted by Crippen LogP contribution is 2.22. The number of hydrogen-bond donors (Lipinski definition) is 1. The van der Waals surface area contributed by atoms with Crippen LogP contribution in [-0.4, -0.2) is 43.2 Å². The van der Waals surface area contributed by atoms with Gasteiger partial charge < -0.3 is 15.0 Å². The maximum atomic E-state index is 12.5. The largest absolute Gasteiger partial charge is 0.388 e. The molecule has 1 aliphatic heterocycles. The number of rotatable bonds is 2. The Morgan fingerprint density at radius 1 is 1.33 bits per heavy atom. The van der Waals surface area contributed by atoms with Gasteiger partial charge in [-0.05, 0) is 38.1 Å². The summed E-state index contributed by atoms with van der Waals surface area (Å²) in [6.45, 7) is 5.93. The number of carbonyl (C=O) groups excluding carboxylic acids is 1. The molecule has 0 atom stereocenters. The Labute approximate surface area is 108 Å². The number of ether oxygens (including phenoxy) is 1. The van der Waals surface area contributed by atoms with Gasteiger partial charge in [-0.1, -0.05) is 0 Å². The van der Waals surface area contributed by atoms with Crippen LogP contribution in [0, 0.1) is 0 Å². The van der Waals surface area contributed by atoms with Crippen molar-refractivity contribution >= 4 is 11.6 Å². The fourth-order valence-electron chi connectivity index (χ4n) is 2.17. The van der Waals surface area contributed by atoms with E-state index in [9.17, 15) is 4.79 Å². The number of nitrogens with zero attached hydrogens (tertiary/aromatic N) is 1. The van der Waals surface area contributed by atoms with Crippen molar-refractivity contribution in [3.8, 4) is 0 Å². The average molecular weight is 248 g/mol. The lowest BCUT2D eigenvalue weighted by Crippen LogP contribution is -2.55. The summed E-state index contributed by atoms with van der Waals surface area (Å²) in [5.74, 6) is 0.0750. The van der Waals surface area contributed by atoms with Crippen LogP contribution in [0.25, 0.3) is 0 Å². The van der Waals surface area contributed by atoms with E-state index in [1.807, 2.05) is 50.1 Å². The lowest BCUT2D eigenvalue weighted by Gasteiger charge is -2.42. The molecule has 1 N–H and O–H groups in total. The highest BCUT2D eigenvalue weighted by Gasteiger charge is 2.34. The molecular weight excluding hydrogens is 228 g/mol. The van der Waals surface area contributed by atoms with E-state index in [-0.39, 0.29) is 11.4 Å². The van der Waals surface area contributed by atoms with Gasteiger partial charge in [0.1, 0.15) is 0 Å². The van der Waals surface area contributed by atoms with E-state index in [1.165, 1.54) is 0 Å². The summed E-state index contributed by atoms with van der Waals surface area (Å²) in [5.41, 5.74) is 1.49. The Hall–Kier alpha value is -1.55. The molecule has 2 rings (SSSR count). The molecule has 0 bridgehead atoms. The molecule has 1 heterocycles. The molecule has 0 spiro atoms. The molecule has 4 heteroatoms. The summed E-state index contributed by atoms with van der Waals surface area (Å²) in [7, 11) is 1.86. The second-order valence-electron chi connectivity index (χ2n) is 5.15. The second-order valence-corrected chi connectivity index (χ2v) is 5.15. The van der Waals surface area contributed by atoms with Gasteiger partial charge >= 0.3 is 0 Å². The number of hydrogen-bond acceptors (Lipinski definition) is 3. The fourth-order valence-corrected chi connectivity index (χ4v) is 2.17. The summed E-state index contributed by atoms with van der Waals surface area (Å²) < 4.78 is 5.43. The molecule has 0 saturated carbocycles. The van der Waals surface area contributed by atoms with Crippen LogP contribution in [0.3, 0.4) is 0 Å². The third-order valence-electron chi connectivity index (χ3n) is 3.31. The lowest BCUT2D eigenvalue weighted by molar-refractivity contribution is -0.0370. The van der Waals surface area contributed by atoms with Gasteiger partial charge in [0.05, 0.1) is 18.8 Å².